The number of hydrogen-bond donors (Lipinski definition) is 0. The van der Waals surface area contributed by atoms with Crippen LogP contribution >= 0.6 is 0 Å². The van der Waals surface area contributed by atoms with Crippen LogP contribution in [0.25, 0.3) is 27.5 Å². The Bertz CT molecular complexity index is 1310. The van der Waals surface area contributed by atoms with Gasteiger partial charge >= 0.3 is 0 Å². The van der Waals surface area contributed by atoms with Crippen LogP contribution in [0, 0.1) is 5.92 Å². The van der Waals surface area contributed by atoms with Gasteiger partial charge in [-0.05, 0) is 53.6 Å². The third kappa shape index (κ3) is 3.41. The summed E-state index contributed by atoms with van der Waals surface area (Å²) in [4.78, 5) is 0. The molecule has 0 atom stereocenters. The summed E-state index contributed by atoms with van der Waals surface area (Å²) in [6.07, 6.45) is 2.03. The van der Waals surface area contributed by atoms with E-state index in [9.17, 15) is 0 Å². The maximum atomic E-state index is 2.47. The fraction of sp³-hybridized carbons (Fsp3) is 0.172. The predicted octanol–water partition coefficient (Wildman–Crippen LogP) is 7.57. The van der Waals surface area contributed by atoms with E-state index in [0.717, 1.165) is 12.8 Å². The molecule has 0 aliphatic carbocycles. The Balaban J connectivity index is 1.72. The lowest BCUT2D eigenvalue weighted by molar-refractivity contribution is 0.649. The van der Waals surface area contributed by atoms with Gasteiger partial charge in [0.2, 0.25) is 0 Å². The van der Waals surface area contributed by atoms with Crippen LogP contribution in [0.5, 0.6) is 0 Å². The maximum absolute atomic E-state index is 2.47. The van der Waals surface area contributed by atoms with E-state index in [0.29, 0.717) is 5.92 Å². The van der Waals surface area contributed by atoms with Crippen LogP contribution < -0.4 is 0 Å². The molecule has 4 aromatic carbocycles. The van der Waals surface area contributed by atoms with Crippen molar-refractivity contribution in [3.63, 3.8) is 0 Å². The molecule has 0 fully saturated rings. The van der Waals surface area contributed by atoms with E-state index in [2.05, 4.69) is 115 Å². The zero-order chi connectivity index (χ0) is 20.5. The van der Waals surface area contributed by atoms with Crippen molar-refractivity contribution in [1.29, 1.82) is 0 Å². The fourth-order valence-electron chi connectivity index (χ4n) is 4.60. The smallest absolute Gasteiger partial charge is 0.0573 e. The largest absolute Gasteiger partial charge is 0.309 e. The van der Waals surface area contributed by atoms with Crippen LogP contribution in [0.3, 0.4) is 0 Å². The zero-order valence-corrected chi connectivity index (χ0v) is 17.7. The molecule has 0 bridgehead atoms. The quantitative estimate of drug-likeness (QED) is 0.292. The van der Waals surface area contributed by atoms with Gasteiger partial charge in [0.05, 0.1) is 11.0 Å². The molecule has 0 saturated heterocycles. The van der Waals surface area contributed by atoms with Gasteiger partial charge in [-0.25, -0.2) is 0 Å². The minimum absolute atomic E-state index is 0.617. The standard InChI is InChI=1S/C29H27N/c1-21(2)18-24-13-9-16-27-26-15-6-7-17-28(26)30(29(24)27)25-14-8-12-23(20-25)19-22-10-4-3-5-11-22/h3-17,20-21H,18-19H2,1-2H3. The predicted molar refractivity (Wildman–Crippen MR) is 129 cm³/mol. The summed E-state index contributed by atoms with van der Waals surface area (Å²) in [5.41, 5.74) is 7.98. The third-order valence-electron chi connectivity index (χ3n) is 5.83. The van der Waals surface area contributed by atoms with Gasteiger partial charge in [0.1, 0.15) is 0 Å². The highest BCUT2D eigenvalue weighted by molar-refractivity contribution is 6.10. The molecular weight excluding hydrogens is 362 g/mol. The van der Waals surface area contributed by atoms with E-state index < -0.39 is 0 Å². The molecule has 30 heavy (non-hydrogen) atoms. The molecule has 5 rings (SSSR count). The lowest BCUT2D eigenvalue weighted by Gasteiger charge is -2.14. The van der Waals surface area contributed by atoms with Crippen molar-refractivity contribution in [1.82, 2.24) is 4.57 Å². The third-order valence-corrected chi connectivity index (χ3v) is 5.83. The second-order valence-corrected chi connectivity index (χ2v) is 8.60. The molecule has 1 heteroatoms. The maximum Gasteiger partial charge on any atom is 0.0573 e. The van der Waals surface area contributed by atoms with Gasteiger partial charge in [0.25, 0.3) is 0 Å². The number of benzene rings is 4. The number of aromatic nitrogens is 1. The Morgan fingerprint density at radius 3 is 2.20 bits per heavy atom. The first-order chi connectivity index (χ1) is 14.7. The number of nitrogens with zero attached hydrogens (tertiary/aromatic N) is 1. The van der Waals surface area contributed by atoms with Gasteiger partial charge in [0, 0.05) is 16.5 Å². The molecule has 0 saturated carbocycles. The first-order valence-electron chi connectivity index (χ1n) is 10.8. The molecule has 1 aromatic heterocycles. The number of hydrogen-bond acceptors (Lipinski definition) is 0. The SMILES string of the molecule is CC(C)Cc1cccc2c3ccccc3n(-c3cccc(Cc4ccccc4)c3)c12. The van der Waals surface area contributed by atoms with Crippen LogP contribution in [0.2, 0.25) is 0 Å². The fourth-order valence-corrected chi connectivity index (χ4v) is 4.60. The Morgan fingerprint density at radius 2 is 1.37 bits per heavy atom. The molecule has 148 valence electrons. The summed E-state index contributed by atoms with van der Waals surface area (Å²) in [5.74, 6) is 0.617. The average Bonchev–Trinajstić information content (AvgIpc) is 3.10. The van der Waals surface area contributed by atoms with E-state index in [-0.39, 0.29) is 0 Å². The summed E-state index contributed by atoms with van der Waals surface area (Å²) in [7, 11) is 0. The molecule has 0 N–H and O–H groups in total. The summed E-state index contributed by atoms with van der Waals surface area (Å²) >= 11 is 0. The van der Waals surface area contributed by atoms with E-state index >= 15 is 0 Å². The average molecular weight is 390 g/mol. The van der Waals surface area contributed by atoms with E-state index in [1.807, 2.05) is 0 Å². The highest BCUT2D eigenvalue weighted by atomic mass is 15.0. The van der Waals surface area contributed by atoms with Crippen molar-refractivity contribution in [2.45, 2.75) is 26.7 Å². The van der Waals surface area contributed by atoms with Gasteiger partial charge in [-0.2, -0.15) is 0 Å². The molecule has 0 radical (unpaired) electrons. The number of fused-ring (bicyclic) bond motifs is 3. The van der Waals surface area contributed by atoms with Crippen molar-refractivity contribution in [2.24, 2.45) is 5.92 Å². The van der Waals surface area contributed by atoms with Gasteiger partial charge in [-0.1, -0.05) is 92.7 Å². The number of rotatable bonds is 5. The topological polar surface area (TPSA) is 4.93 Å². The highest BCUT2D eigenvalue weighted by Gasteiger charge is 2.15. The van der Waals surface area contributed by atoms with Crippen LogP contribution in [0.15, 0.2) is 97.1 Å². The highest BCUT2D eigenvalue weighted by Crippen LogP contribution is 2.35. The second kappa shape index (κ2) is 7.84. The Hall–Kier alpha value is -3.32. The van der Waals surface area contributed by atoms with Gasteiger partial charge in [-0.3, -0.25) is 0 Å². The minimum Gasteiger partial charge on any atom is -0.309 e. The lowest BCUT2D eigenvalue weighted by atomic mass is 10.00. The van der Waals surface area contributed by atoms with Crippen LogP contribution in [0.4, 0.5) is 0 Å². The molecular formula is C29H27N. The van der Waals surface area contributed by atoms with E-state index in [4.69, 9.17) is 0 Å². The van der Waals surface area contributed by atoms with Crippen LogP contribution in [-0.2, 0) is 12.8 Å². The van der Waals surface area contributed by atoms with Gasteiger partial charge < -0.3 is 4.57 Å². The molecule has 1 nitrogen and oxygen atoms in total. The molecule has 0 amide bonds. The molecule has 0 unspecified atom stereocenters. The molecule has 5 aromatic rings. The molecule has 0 spiro atoms. The number of para-hydroxylation sites is 2. The first kappa shape index (κ1) is 18.7. The molecule has 0 aliphatic rings. The Morgan fingerprint density at radius 1 is 0.667 bits per heavy atom. The van der Waals surface area contributed by atoms with Gasteiger partial charge in [0.15, 0.2) is 0 Å². The van der Waals surface area contributed by atoms with Crippen molar-refractivity contribution in [3.05, 3.63) is 114 Å². The zero-order valence-electron chi connectivity index (χ0n) is 17.7. The molecule has 1 heterocycles. The summed E-state index contributed by atoms with van der Waals surface area (Å²) < 4.78 is 2.47. The normalized spacial score (nSPS) is 11.6. The van der Waals surface area contributed by atoms with Crippen LogP contribution in [0.1, 0.15) is 30.5 Å². The van der Waals surface area contributed by atoms with Crippen molar-refractivity contribution in [2.75, 3.05) is 0 Å². The van der Waals surface area contributed by atoms with Crippen molar-refractivity contribution >= 4 is 21.8 Å². The van der Waals surface area contributed by atoms with Crippen molar-refractivity contribution < 1.29 is 0 Å². The summed E-state index contributed by atoms with van der Waals surface area (Å²) in [5, 5.41) is 2.67. The van der Waals surface area contributed by atoms with Gasteiger partial charge in [-0.15, -0.1) is 0 Å². The second-order valence-electron chi connectivity index (χ2n) is 8.60. The lowest BCUT2D eigenvalue weighted by Crippen LogP contribution is -2.01. The minimum atomic E-state index is 0.617. The molecule has 0 aliphatic heterocycles. The van der Waals surface area contributed by atoms with Crippen LogP contribution in [-0.4, -0.2) is 4.57 Å². The summed E-state index contributed by atoms with van der Waals surface area (Å²) in [6.45, 7) is 4.60. The summed E-state index contributed by atoms with van der Waals surface area (Å²) in [6, 6.07) is 35.3. The first-order valence-corrected chi connectivity index (χ1v) is 10.8. The van der Waals surface area contributed by atoms with Crippen molar-refractivity contribution in [3.8, 4) is 5.69 Å². The Kier molecular flexibility index (Phi) is 4.88. The van der Waals surface area contributed by atoms with E-state index in [1.165, 1.54) is 44.2 Å². The monoisotopic (exact) mass is 389 g/mol. The Labute approximate surface area is 178 Å². The van der Waals surface area contributed by atoms with E-state index in [1.54, 1.807) is 0 Å².